The third-order valence-corrected chi connectivity index (χ3v) is 2.96. The number of hydrogen-bond acceptors (Lipinski definition) is 4. The minimum Gasteiger partial charge on any atom is -0.383 e. The molecule has 0 saturated carbocycles. The first-order valence-corrected chi connectivity index (χ1v) is 7.01. The zero-order chi connectivity index (χ0) is 15.8. The van der Waals surface area contributed by atoms with Gasteiger partial charge in [-0.25, -0.2) is 4.39 Å². The fraction of sp³-hybridized carbons (Fsp3) is 0.500. The second kappa shape index (κ2) is 8.18. The lowest BCUT2D eigenvalue weighted by Crippen LogP contribution is -2.25. The van der Waals surface area contributed by atoms with Crippen molar-refractivity contribution in [2.45, 2.75) is 33.1 Å². The molecule has 116 valence electrons. The second-order valence-corrected chi connectivity index (χ2v) is 4.60. The summed E-state index contributed by atoms with van der Waals surface area (Å²) in [7, 11) is 0. The van der Waals surface area contributed by atoms with Gasteiger partial charge in [0.1, 0.15) is 5.56 Å². The summed E-state index contributed by atoms with van der Waals surface area (Å²) >= 11 is 0. The van der Waals surface area contributed by atoms with Crippen LogP contribution in [-0.4, -0.2) is 23.9 Å². The van der Waals surface area contributed by atoms with Crippen LogP contribution in [0.1, 0.15) is 43.5 Å². The Balaban J connectivity index is 2.98. The maximum absolute atomic E-state index is 13.7. The van der Waals surface area contributed by atoms with Crippen LogP contribution in [0, 0.1) is 15.9 Å². The number of carbonyl (C=O) groups excluding carboxylic acids is 1. The molecule has 0 bridgehead atoms. The number of hydrogen-bond donors (Lipinski definition) is 2. The van der Waals surface area contributed by atoms with E-state index in [0.717, 1.165) is 25.3 Å². The fourth-order valence-corrected chi connectivity index (χ4v) is 1.89. The number of amides is 1. The molecule has 6 nitrogen and oxygen atoms in total. The molecular weight excluding hydrogens is 277 g/mol. The molecule has 0 aromatic heterocycles. The van der Waals surface area contributed by atoms with Gasteiger partial charge >= 0.3 is 0 Å². The normalized spacial score (nSPS) is 10.2. The largest absolute Gasteiger partial charge is 0.383 e. The zero-order valence-electron chi connectivity index (χ0n) is 12.2. The smallest absolute Gasteiger partial charge is 0.285 e. The van der Waals surface area contributed by atoms with Crippen molar-refractivity contribution in [1.82, 2.24) is 5.32 Å². The molecule has 1 aromatic carbocycles. The van der Waals surface area contributed by atoms with Crippen molar-refractivity contribution in [1.29, 1.82) is 0 Å². The number of nitro benzene ring substituents is 1. The second-order valence-electron chi connectivity index (χ2n) is 4.60. The highest BCUT2D eigenvalue weighted by Crippen LogP contribution is 2.26. The first-order valence-electron chi connectivity index (χ1n) is 7.01. The first kappa shape index (κ1) is 16.9. The fourth-order valence-electron chi connectivity index (χ4n) is 1.89. The highest BCUT2D eigenvalue weighted by atomic mass is 19.1. The molecule has 2 N–H and O–H groups in total. The van der Waals surface area contributed by atoms with Gasteiger partial charge < -0.3 is 10.6 Å². The van der Waals surface area contributed by atoms with Crippen LogP contribution >= 0.6 is 0 Å². The van der Waals surface area contributed by atoms with Gasteiger partial charge in [-0.1, -0.05) is 19.8 Å². The van der Waals surface area contributed by atoms with Crippen LogP contribution in [0.15, 0.2) is 12.1 Å². The van der Waals surface area contributed by atoms with Crippen LogP contribution in [0.2, 0.25) is 0 Å². The van der Waals surface area contributed by atoms with Crippen LogP contribution in [-0.2, 0) is 0 Å². The molecule has 0 heterocycles. The molecule has 0 aliphatic rings. The van der Waals surface area contributed by atoms with Crippen LogP contribution in [0.5, 0.6) is 0 Å². The zero-order valence-corrected chi connectivity index (χ0v) is 12.2. The average molecular weight is 297 g/mol. The maximum atomic E-state index is 13.7. The van der Waals surface area contributed by atoms with Gasteiger partial charge in [0.2, 0.25) is 0 Å². The molecule has 1 amide bonds. The van der Waals surface area contributed by atoms with Gasteiger partial charge in [0.15, 0.2) is 5.82 Å². The standard InChI is InChI=1S/C14H20FN3O3/c1-3-5-6-7-17-14(19)10-8-12(16-4-2)11(15)9-13(10)18(20)21/h8-9,16H,3-7H2,1-2H3,(H,17,19). The molecule has 0 aliphatic carbocycles. The molecule has 0 aliphatic heterocycles. The summed E-state index contributed by atoms with van der Waals surface area (Å²) in [6, 6.07) is 1.96. The minimum absolute atomic E-state index is 0.0850. The average Bonchev–Trinajstić information content (AvgIpc) is 2.45. The Hall–Kier alpha value is -2.18. The molecule has 0 fully saturated rings. The topological polar surface area (TPSA) is 84.3 Å². The molecule has 0 unspecified atom stereocenters. The number of halogens is 1. The van der Waals surface area contributed by atoms with Crippen molar-refractivity contribution in [2.24, 2.45) is 0 Å². The van der Waals surface area contributed by atoms with Crippen molar-refractivity contribution in [3.05, 3.63) is 33.6 Å². The number of anilines is 1. The van der Waals surface area contributed by atoms with E-state index in [1.54, 1.807) is 6.92 Å². The lowest BCUT2D eigenvalue weighted by molar-refractivity contribution is -0.385. The Labute approximate surface area is 122 Å². The predicted molar refractivity (Wildman–Crippen MR) is 79.1 cm³/mol. The van der Waals surface area contributed by atoms with Crippen molar-refractivity contribution in [3.63, 3.8) is 0 Å². The van der Waals surface area contributed by atoms with Crippen LogP contribution in [0.4, 0.5) is 15.8 Å². The monoisotopic (exact) mass is 297 g/mol. The van der Waals surface area contributed by atoms with Gasteiger partial charge in [0.25, 0.3) is 11.6 Å². The van der Waals surface area contributed by atoms with E-state index in [1.165, 1.54) is 6.07 Å². The molecule has 21 heavy (non-hydrogen) atoms. The van der Waals surface area contributed by atoms with Crippen molar-refractivity contribution in [2.75, 3.05) is 18.4 Å². The quantitative estimate of drug-likeness (QED) is 0.439. The van der Waals surface area contributed by atoms with Gasteiger partial charge in [0.05, 0.1) is 16.7 Å². The van der Waals surface area contributed by atoms with E-state index in [-0.39, 0.29) is 11.3 Å². The SMILES string of the molecule is CCCCCNC(=O)c1cc(NCC)c(F)cc1[N+](=O)[O-]. The van der Waals surface area contributed by atoms with Gasteiger partial charge in [0, 0.05) is 13.1 Å². The van der Waals surface area contributed by atoms with E-state index in [2.05, 4.69) is 10.6 Å². The van der Waals surface area contributed by atoms with Crippen molar-refractivity contribution in [3.8, 4) is 0 Å². The molecule has 0 spiro atoms. The van der Waals surface area contributed by atoms with Crippen LogP contribution in [0.25, 0.3) is 0 Å². The Morgan fingerprint density at radius 1 is 1.33 bits per heavy atom. The number of rotatable bonds is 8. The number of carbonyl (C=O) groups is 1. The number of nitro groups is 1. The Kier molecular flexibility index (Phi) is 6.58. The summed E-state index contributed by atoms with van der Waals surface area (Å²) < 4.78 is 13.7. The Bertz CT molecular complexity index is 520. The van der Waals surface area contributed by atoms with E-state index in [4.69, 9.17) is 0 Å². The first-order chi connectivity index (χ1) is 10.0. The van der Waals surface area contributed by atoms with Crippen molar-refractivity contribution >= 4 is 17.3 Å². The third-order valence-electron chi connectivity index (χ3n) is 2.96. The van der Waals surface area contributed by atoms with Gasteiger partial charge in [-0.3, -0.25) is 14.9 Å². The summed E-state index contributed by atoms with van der Waals surface area (Å²) in [6.45, 7) is 4.70. The van der Waals surface area contributed by atoms with Crippen LogP contribution < -0.4 is 10.6 Å². The van der Waals surface area contributed by atoms with E-state index in [9.17, 15) is 19.3 Å². The lowest BCUT2D eigenvalue weighted by Gasteiger charge is -2.09. The molecule has 0 radical (unpaired) electrons. The molecule has 0 saturated heterocycles. The van der Waals surface area contributed by atoms with Gasteiger partial charge in [-0.2, -0.15) is 0 Å². The van der Waals surface area contributed by atoms with Crippen molar-refractivity contribution < 1.29 is 14.1 Å². The van der Waals surface area contributed by atoms with Gasteiger partial charge in [-0.15, -0.1) is 0 Å². The summed E-state index contributed by atoms with van der Waals surface area (Å²) in [4.78, 5) is 22.2. The molecular formula is C14H20FN3O3. The maximum Gasteiger partial charge on any atom is 0.285 e. The third kappa shape index (κ3) is 4.70. The minimum atomic E-state index is -0.750. The number of nitrogens with one attached hydrogen (secondary N) is 2. The van der Waals surface area contributed by atoms with E-state index >= 15 is 0 Å². The summed E-state index contributed by atoms with van der Waals surface area (Å²) in [5.41, 5.74) is -0.571. The van der Waals surface area contributed by atoms with Gasteiger partial charge in [-0.05, 0) is 19.4 Å². The Morgan fingerprint density at radius 2 is 2.05 bits per heavy atom. The predicted octanol–water partition coefficient (Wildman–Crippen LogP) is 3.09. The number of nitrogens with zero attached hydrogens (tertiary/aromatic N) is 1. The van der Waals surface area contributed by atoms with Crippen LogP contribution in [0.3, 0.4) is 0 Å². The Morgan fingerprint density at radius 3 is 2.62 bits per heavy atom. The summed E-state index contributed by atoms with van der Waals surface area (Å²) in [5.74, 6) is -1.30. The molecule has 1 rings (SSSR count). The molecule has 7 heteroatoms. The highest BCUT2D eigenvalue weighted by Gasteiger charge is 2.23. The van der Waals surface area contributed by atoms with E-state index in [0.29, 0.717) is 13.1 Å². The number of unbranched alkanes of at least 4 members (excludes halogenated alkanes) is 2. The lowest BCUT2D eigenvalue weighted by atomic mass is 10.1. The molecule has 1 aromatic rings. The van der Waals surface area contributed by atoms with E-state index < -0.39 is 22.3 Å². The molecule has 0 atom stereocenters. The van der Waals surface area contributed by atoms with E-state index in [1.807, 2.05) is 6.92 Å². The number of benzene rings is 1. The summed E-state index contributed by atoms with van der Waals surface area (Å²) in [6.07, 6.45) is 2.78. The highest BCUT2D eigenvalue weighted by molar-refractivity contribution is 5.99. The summed E-state index contributed by atoms with van der Waals surface area (Å²) in [5, 5.41) is 16.3.